The maximum absolute atomic E-state index is 2.71. The second-order valence-electron chi connectivity index (χ2n) is 20.4. The number of unbranched alkanes of at least 4 members (excludes halogenated alkanes) is 46. The van der Waals surface area contributed by atoms with E-state index in [9.17, 15) is 0 Å². The Morgan fingerprint density at radius 2 is 0.492 bits per heavy atom. The van der Waals surface area contributed by atoms with Gasteiger partial charge in [-0.25, -0.2) is 4.57 Å². The van der Waals surface area contributed by atoms with Crippen LogP contribution >= 0.6 is 0 Å². The summed E-state index contributed by atoms with van der Waals surface area (Å²) < 4.78 is 2.71. The van der Waals surface area contributed by atoms with E-state index in [4.69, 9.17) is 0 Å². The van der Waals surface area contributed by atoms with Crippen LogP contribution < -0.4 is 4.57 Å². The standard InChI is InChI=1S/C60H116N/c1-4-7-10-13-16-19-22-25-28-31-34-37-40-43-46-49-52-57-61-58-53-55-59(54-50-47-44-41-38-35-32-29-26-23-20-17-14-11-8-5-2)60(61)56-51-48-45-42-39-36-33-30-27-24-21-18-15-12-9-6-3/h53,55,58H,4-52,54,56-57H2,1-3H3/q+1. The summed E-state index contributed by atoms with van der Waals surface area (Å²) in [6.45, 7) is 8.19. The van der Waals surface area contributed by atoms with E-state index in [1.165, 1.54) is 334 Å². The molecule has 0 aromatic carbocycles. The highest BCUT2D eigenvalue weighted by Gasteiger charge is 2.15. The molecule has 0 saturated carbocycles. The Hall–Kier alpha value is -0.850. The van der Waals surface area contributed by atoms with Crippen molar-refractivity contribution in [2.45, 2.75) is 355 Å². The molecule has 0 radical (unpaired) electrons. The third-order valence-electron chi connectivity index (χ3n) is 14.4. The van der Waals surface area contributed by atoms with Crippen molar-refractivity contribution in [2.24, 2.45) is 0 Å². The van der Waals surface area contributed by atoms with Crippen LogP contribution in [0.5, 0.6) is 0 Å². The Bertz CT molecular complexity index is 951. The molecule has 0 bridgehead atoms. The summed E-state index contributed by atoms with van der Waals surface area (Å²) in [5, 5.41) is 0. The monoisotopic (exact) mass is 851 g/mol. The van der Waals surface area contributed by atoms with Crippen LogP contribution in [-0.2, 0) is 19.4 Å². The van der Waals surface area contributed by atoms with Crippen molar-refractivity contribution in [2.75, 3.05) is 0 Å². The summed E-state index contributed by atoms with van der Waals surface area (Å²) in [5.41, 5.74) is 3.38. The highest BCUT2D eigenvalue weighted by atomic mass is 15.0. The molecule has 0 amide bonds. The Balaban J connectivity index is 2.30. The van der Waals surface area contributed by atoms with Gasteiger partial charge >= 0.3 is 0 Å². The van der Waals surface area contributed by atoms with E-state index in [1.54, 1.807) is 11.3 Å². The maximum atomic E-state index is 2.71. The van der Waals surface area contributed by atoms with Gasteiger partial charge in [-0.3, -0.25) is 0 Å². The SMILES string of the molecule is CCCCCCCCCCCCCCCCCCC[n+]1cccc(CCCCCCCCCCCCCCCCCC)c1CCCCCCCCCCCCCCCCCC. The van der Waals surface area contributed by atoms with E-state index in [1.807, 2.05) is 0 Å². The second-order valence-corrected chi connectivity index (χ2v) is 20.4. The molecular weight excluding hydrogens is 735 g/mol. The molecule has 0 spiro atoms. The minimum Gasteiger partial charge on any atom is -0.202 e. The molecule has 0 atom stereocenters. The lowest BCUT2D eigenvalue weighted by atomic mass is 9.99. The lowest BCUT2D eigenvalue weighted by Gasteiger charge is -2.11. The highest BCUT2D eigenvalue weighted by molar-refractivity contribution is 5.16. The number of rotatable bonds is 52. The van der Waals surface area contributed by atoms with Gasteiger partial charge in [0.05, 0.1) is 0 Å². The van der Waals surface area contributed by atoms with E-state index in [0.717, 1.165) is 0 Å². The zero-order valence-corrected chi connectivity index (χ0v) is 42.9. The Morgan fingerprint density at radius 1 is 0.262 bits per heavy atom. The third-order valence-corrected chi connectivity index (χ3v) is 14.4. The molecule has 0 aliphatic carbocycles. The summed E-state index contributed by atoms with van der Waals surface area (Å²) in [7, 11) is 0. The molecule has 61 heavy (non-hydrogen) atoms. The lowest BCUT2D eigenvalue weighted by Crippen LogP contribution is -2.39. The zero-order chi connectivity index (χ0) is 43.6. The van der Waals surface area contributed by atoms with Crippen LogP contribution in [0.2, 0.25) is 0 Å². The first-order valence-electron chi connectivity index (χ1n) is 29.3. The van der Waals surface area contributed by atoms with E-state index >= 15 is 0 Å². The molecule has 1 heterocycles. The first kappa shape index (κ1) is 58.2. The fourth-order valence-corrected chi connectivity index (χ4v) is 10.1. The summed E-state index contributed by atoms with van der Waals surface area (Å²) in [6.07, 6.45) is 76.2. The molecule has 0 N–H and O–H groups in total. The molecule has 1 heteroatoms. The smallest absolute Gasteiger partial charge is 0.184 e. The summed E-state index contributed by atoms with van der Waals surface area (Å²) in [4.78, 5) is 0. The van der Waals surface area contributed by atoms with E-state index in [0.29, 0.717) is 0 Å². The van der Waals surface area contributed by atoms with Gasteiger partial charge in [-0.2, -0.15) is 0 Å². The predicted octanol–water partition coefficient (Wildman–Crippen LogP) is 21.2. The number of pyridine rings is 1. The van der Waals surface area contributed by atoms with Crippen LogP contribution in [0.1, 0.15) is 347 Å². The fraction of sp³-hybridized carbons (Fsp3) is 0.917. The quantitative estimate of drug-likeness (QED) is 0.0454. The summed E-state index contributed by atoms with van der Waals surface area (Å²) in [5.74, 6) is 0. The van der Waals surface area contributed by atoms with Crippen molar-refractivity contribution in [3.63, 3.8) is 0 Å². The maximum Gasteiger partial charge on any atom is 0.184 e. The number of hydrogen-bond donors (Lipinski definition) is 0. The number of nitrogens with zero attached hydrogens (tertiary/aromatic N) is 1. The van der Waals surface area contributed by atoms with Crippen molar-refractivity contribution in [1.82, 2.24) is 0 Å². The van der Waals surface area contributed by atoms with Gasteiger partial charge in [0.1, 0.15) is 6.54 Å². The largest absolute Gasteiger partial charge is 0.202 e. The molecule has 1 nitrogen and oxygen atoms in total. The van der Waals surface area contributed by atoms with Gasteiger partial charge < -0.3 is 0 Å². The molecular formula is C60H116N+. The van der Waals surface area contributed by atoms with E-state index < -0.39 is 0 Å². The van der Waals surface area contributed by atoms with Gasteiger partial charge in [0.15, 0.2) is 11.9 Å². The lowest BCUT2D eigenvalue weighted by molar-refractivity contribution is -0.705. The van der Waals surface area contributed by atoms with E-state index in [-0.39, 0.29) is 0 Å². The number of aromatic nitrogens is 1. The van der Waals surface area contributed by atoms with Crippen molar-refractivity contribution in [3.8, 4) is 0 Å². The third kappa shape index (κ3) is 41.6. The van der Waals surface area contributed by atoms with Crippen LogP contribution in [-0.4, -0.2) is 0 Å². The van der Waals surface area contributed by atoms with Gasteiger partial charge in [0.2, 0.25) is 0 Å². The van der Waals surface area contributed by atoms with Crippen molar-refractivity contribution >= 4 is 0 Å². The molecule has 0 aliphatic rings. The van der Waals surface area contributed by atoms with Gasteiger partial charge in [-0.05, 0) is 31.7 Å². The minimum absolute atomic E-state index is 1.24. The van der Waals surface area contributed by atoms with Gasteiger partial charge in [-0.1, -0.05) is 310 Å². The average molecular weight is 852 g/mol. The molecule has 1 aromatic heterocycles. The normalized spacial score (nSPS) is 11.7. The zero-order valence-electron chi connectivity index (χ0n) is 42.9. The minimum atomic E-state index is 1.24. The number of aryl methyl sites for hydroxylation is 2. The molecule has 1 rings (SSSR count). The average Bonchev–Trinajstić information content (AvgIpc) is 3.27. The molecule has 0 unspecified atom stereocenters. The van der Waals surface area contributed by atoms with Crippen LogP contribution in [0.15, 0.2) is 18.3 Å². The molecule has 0 fully saturated rings. The first-order valence-corrected chi connectivity index (χ1v) is 29.3. The molecule has 0 aliphatic heterocycles. The summed E-state index contributed by atoms with van der Waals surface area (Å²) >= 11 is 0. The molecule has 360 valence electrons. The second kappa shape index (κ2) is 50.2. The number of hydrogen-bond acceptors (Lipinski definition) is 0. The van der Waals surface area contributed by atoms with Gasteiger partial charge in [-0.15, -0.1) is 0 Å². The molecule has 0 saturated heterocycles. The van der Waals surface area contributed by atoms with Gasteiger partial charge in [0.25, 0.3) is 0 Å². The Morgan fingerprint density at radius 3 is 0.770 bits per heavy atom. The van der Waals surface area contributed by atoms with Crippen LogP contribution in [0, 0.1) is 0 Å². The Kier molecular flexibility index (Phi) is 47.8. The van der Waals surface area contributed by atoms with Crippen molar-refractivity contribution < 1.29 is 4.57 Å². The van der Waals surface area contributed by atoms with E-state index in [2.05, 4.69) is 43.7 Å². The van der Waals surface area contributed by atoms with Crippen LogP contribution in [0.3, 0.4) is 0 Å². The van der Waals surface area contributed by atoms with Crippen LogP contribution in [0.4, 0.5) is 0 Å². The predicted molar refractivity (Wildman–Crippen MR) is 277 cm³/mol. The molecule has 1 aromatic rings. The highest BCUT2D eigenvalue weighted by Crippen LogP contribution is 2.19. The first-order chi connectivity index (χ1) is 30.3. The Labute approximate surface area is 387 Å². The summed E-state index contributed by atoms with van der Waals surface area (Å²) in [6, 6.07) is 4.88. The topological polar surface area (TPSA) is 3.88 Å². The van der Waals surface area contributed by atoms with Crippen molar-refractivity contribution in [1.29, 1.82) is 0 Å². The van der Waals surface area contributed by atoms with Crippen LogP contribution in [0.25, 0.3) is 0 Å². The van der Waals surface area contributed by atoms with Crippen molar-refractivity contribution in [3.05, 3.63) is 29.6 Å². The fourth-order valence-electron chi connectivity index (χ4n) is 10.1. The van der Waals surface area contributed by atoms with Gasteiger partial charge in [0, 0.05) is 24.5 Å².